The van der Waals surface area contributed by atoms with Crippen LogP contribution in [0.4, 0.5) is 0 Å². The first-order chi connectivity index (χ1) is 10.1. The number of aromatic nitrogens is 1. The van der Waals surface area contributed by atoms with E-state index in [2.05, 4.69) is 24.1 Å². The third kappa shape index (κ3) is 3.20. The van der Waals surface area contributed by atoms with Gasteiger partial charge in [0.05, 0.1) is 0 Å². The summed E-state index contributed by atoms with van der Waals surface area (Å²) in [6.07, 6.45) is 4.64. The van der Waals surface area contributed by atoms with Crippen molar-refractivity contribution < 1.29 is 4.74 Å². The number of hydrogen-bond acceptors (Lipinski definition) is 3. The van der Waals surface area contributed by atoms with E-state index in [-0.39, 0.29) is 6.10 Å². The summed E-state index contributed by atoms with van der Waals surface area (Å²) < 4.78 is 6.16. The Kier molecular flexibility index (Phi) is 4.13. The van der Waals surface area contributed by atoms with Gasteiger partial charge in [-0.2, -0.15) is 0 Å². The van der Waals surface area contributed by atoms with Crippen molar-refractivity contribution in [2.24, 2.45) is 0 Å². The van der Waals surface area contributed by atoms with E-state index in [9.17, 15) is 0 Å². The maximum absolute atomic E-state index is 6.27. The van der Waals surface area contributed by atoms with Crippen molar-refractivity contribution in [1.82, 2.24) is 10.3 Å². The Bertz CT molecular complexity index is 628. The maximum atomic E-state index is 6.27. The van der Waals surface area contributed by atoms with Crippen molar-refractivity contribution in [2.75, 3.05) is 6.54 Å². The fourth-order valence-electron chi connectivity index (χ4n) is 2.62. The zero-order valence-corrected chi connectivity index (χ0v) is 13.0. The molecule has 1 aliphatic rings. The number of hydrogen-bond donors (Lipinski definition) is 1. The van der Waals surface area contributed by atoms with Crippen LogP contribution in [0.1, 0.15) is 19.4 Å². The van der Waals surface area contributed by atoms with Crippen LogP contribution in [0.2, 0.25) is 5.02 Å². The lowest BCUT2D eigenvalue weighted by Gasteiger charge is -2.15. The predicted molar refractivity (Wildman–Crippen MR) is 85.9 cm³/mol. The van der Waals surface area contributed by atoms with E-state index in [1.807, 2.05) is 24.3 Å². The quantitative estimate of drug-likeness (QED) is 0.935. The van der Waals surface area contributed by atoms with Gasteiger partial charge in [0.1, 0.15) is 11.9 Å². The molecule has 2 aromatic rings. The molecule has 1 unspecified atom stereocenters. The first-order valence-electron chi connectivity index (χ1n) is 7.26. The number of benzene rings is 1. The van der Waals surface area contributed by atoms with Gasteiger partial charge in [-0.15, -0.1) is 0 Å². The fraction of sp³-hybridized carbons (Fsp3) is 0.353. The van der Waals surface area contributed by atoms with Gasteiger partial charge in [-0.3, -0.25) is 4.98 Å². The topological polar surface area (TPSA) is 34.2 Å². The van der Waals surface area contributed by atoms with E-state index in [1.165, 1.54) is 5.56 Å². The molecule has 0 fully saturated rings. The highest BCUT2D eigenvalue weighted by atomic mass is 35.5. The first-order valence-corrected chi connectivity index (χ1v) is 7.64. The van der Waals surface area contributed by atoms with Crippen LogP contribution in [-0.4, -0.2) is 23.7 Å². The van der Waals surface area contributed by atoms with Gasteiger partial charge in [-0.25, -0.2) is 0 Å². The molecule has 3 nitrogen and oxygen atoms in total. The van der Waals surface area contributed by atoms with Gasteiger partial charge in [0.2, 0.25) is 0 Å². The minimum atomic E-state index is 0.168. The van der Waals surface area contributed by atoms with Crippen molar-refractivity contribution in [3.05, 3.63) is 47.2 Å². The van der Waals surface area contributed by atoms with Crippen LogP contribution >= 0.6 is 11.6 Å². The van der Waals surface area contributed by atoms with E-state index in [4.69, 9.17) is 16.3 Å². The van der Waals surface area contributed by atoms with Crippen molar-refractivity contribution in [1.29, 1.82) is 0 Å². The third-order valence-electron chi connectivity index (χ3n) is 3.61. The monoisotopic (exact) mass is 302 g/mol. The largest absolute Gasteiger partial charge is 0.488 e. The fourth-order valence-corrected chi connectivity index (χ4v) is 2.86. The summed E-state index contributed by atoms with van der Waals surface area (Å²) in [5, 5.41) is 4.18. The smallest absolute Gasteiger partial charge is 0.131 e. The molecule has 21 heavy (non-hydrogen) atoms. The predicted octanol–water partition coefficient (Wildman–Crippen LogP) is 3.70. The van der Waals surface area contributed by atoms with Crippen molar-refractivity contribution in [3.8, 4) is 16.9 Å². The molecule has 1 aromatic heterocycles. The Morgan fingerprint density at radius 1 is 1.33 bits per heavy atom. The van der Waals surface area contributed by atoms with Crippen LogP contribution in [-0.2, 0) is 6.42 Å². The van der Waals surface area contributed by atoms with Crippen molar-refractivity contribution in [3.63, 3.8) is 0 Å². The van der Waals surface area contributed by atoms with Gasteiger partial charge in [0.15, 0.2) is 0 Å². The Morgan fingerprint density at radius 2 is 2.10 bits per heavy atom. The molecule has 110 valence electrons. The van der Waals surface area contributed by atoms with E-state index in [0.717, 1.165) is 34.9 Å². The molecule has 0 radical (unpaired) electrons. The molecule has 0 spiro atoms. The number of rotatable bonds is 4. The number of ether oxygens (including phenoxy) is 1. The second kappa shape index (κ2) is 6.04. The molecule has 3 rings (SSSR count). The number of nitrogens with zero attached hydrogens (tertiary/aromatic N) is 1. The Hall–Kier alpha value is -1.58. The van der Waals surface area contributed by atoms with Crippen molar-refractivity contribution >= 4 is 11.6 Å². The summed E-state index contributed by atoms with van der Waals surface area (Å²) in [4.78, 5) is 4.07. The highest BCUT2D eigenvalue weighted by Gasteiger charge is 2.26. The summed E-state index contributed by atoms with van der Waals surface area (Å²) in [5.41, 5.74) is 3.32. The molecular weight excluding hydrogens is 284 g/mol. The molecule has 1 aliphatic heterocycles. The zero-order chi connectivity index (χ0) is 14.8. The normalized spacial score (nSPS) is 16.9. The molecule has 0 saturated carbocycles. The molecule has 0 bridgehead atoms. The van der Waals surface area contributed by atoms with Crippen LogP contribution in [0.15, 0.2) is 36.7 Å². The first kappa shape index (κ1) is 14.4. The van der Waals surface area contributed by atoms with Gasteiger partial charge in [-0.1, -0.05) is 25.4 Å². The van der Waals surface area contributed by atoms with Gasteiger partial charge in [0.25, 0.3) is 0 Å². The lowest BCUT2D eigenvalue weighted by molar-refractivity contribution is 0.224. The van der Waals surface area contributed by atoms with E-state index in [0.29, 0.717) is 6.04 Å². The van der Waals surface area contributed by atoms with E-state index >= 15 is 0 Å². The Labute approximate surface area is 130 Å². The number of pyridine rings is 1. The van der Waals surface area contributed by atoms with Gasteiger partial charge in [-0.05, 0) is 35.4 Å². The van der Waals surface area contributed by atoms with Crippen molar-refractivity contribution in [2.45, 2.75) is 32.4 Å². The third-order valence-corrected chi connectivity index (χ3v) is 3.83. The number of fused-ring (bicyclic) bond motifs is 1. The van der Waals surface area contributed by atoms with Crippen LogP contribution in [0, 0.1) is 0 Å². The molecule has 1 aromatic carbocycles. The van der Waals surface area contributed by atoms with E-state index in [1.54, 1.807) is 12.4 Å². The van der Waals surface area contributed by atoms with Crippen LogP contribution < -0.4 is 10.1 Å². The average Bonchev–Trinajstić information content (AvgIpc) is 2.88. The van der Waals surface area contributed by atoms with Gasteiger partial charge in [0, 0.05) is 42.0 Å². The minimum Gasteiger partial charge on any atom is -0.488 e. The second-order valence-electron chi connectivity index (χ2n) is 5.68. The lowest BCUT2D eigenvalue weighted by atomic mass is 10.0. The maximum Gasteiger partial charge on any atom is 0.131 e. The lowest BCUT2D eigenvalue weighted by Crippen LogP contribution is -2.34. The van der Waals surface area contributed by atoms with Crippen LogP contribution in [0.3, 0.4) is 0 Å². The molecule has 2 heterocycles. The summed E-state index contributed by atoms with van der Waals surface area (Å²) in [5.74, 6) is 0.959. The Balaban J connectivity index is 1.89. The molecule has 0 amide bonds. The molecular formula is C17H19ClN2O. The molecule has 4 heteroatoms. The highest BCUT2D eigenvalue weighted by Crippen LogP contribution is 2.40. The summed E-state index contributed by atoms with van der Waals surface area (Å²) >= 11 is 6.27. The number of nitrogens with one attached hydrogen (secondary N) is 1. The minimum absolute atomic E-state index is 0.168. The summed E-state index contributed by atoms with van der Waals surface area (Å²) in [6, 6.07) is 8.40. The summed E-state index contributed by atoms with van der Waals surface area (Å²) in [6.45, 7) is 5.13. The summed E-state index contributed by atoms with van der Waals surface area (Å²) in [7, 11) is 0. The second-order valence-corrected chi connectivity index (χ2v) is 6.12. The molecule has 0 saturated heterocycles. The van der Waals surface area contributed by atoms with Crippen LogP contribution in [0.5, 0.6) is 5.75 Å². The molecule has 1 N–H and O–H groups in total. The van der Waals surface area contributed by atoms with Gasteiger partial charge < -0.3 is 10.1 Å². The van der Waals surface area contributed by atoms with Gasteiger partial charge >= 0.3 is 0 Å². The zero-order valence-electron chi connectivity index (χ0n) is 12.3. The SMILES string of the molecule is CC(C)NCC1Cc2cc(Cl)cc(-c3ccncc3)c2O1. The average molecular weight is 303 g/mol. The van der Waals surface area contributed by atoms with Crippen LogP contribution in [0.25, 0.3) is 11.1 Å². The Morgan fingerprint density at radius 3 is 2.81 bits per heavy atom. The standard InChI is InChI=1S/C17H19ClN2O/c1-11(2)20-10-15-8-13-7-14(18)9-16(17(13)21-15)12-3-5-19-6-4-12/h3-7,9,11,15,20H,8,10H2,1-2H3. The number of halogens is 1. The van der Waals surface area contributed by atoms with E-state index < -0.39 is 0 Å². The molecule has 0 aliphatic carbocycles. The highest BCUT2D eigenvalue weighted by molar-refractivity contribution is 6.31. The molecule has 1 atom stereocenters.